The lowest BCUT2D eigenvalue weighted by Crippen LogP contribution is -2.21. The lowest BCUT2D eigenvalue weighted by molar-refractivity contribution is 0.199. The van der Waals surface area contributed by atoms with Crippen molar-refractivity contribution in [2.45, 2.75) is 13.3 Å². The van der Waals surface area contributed by atoms with Gasteiger partial charge in [0.05, 0.1) is 6.61 Å². The molecule has 0 amide bonds. The molecule has 1 aliphatic rings. The third-order valence-electron chi connectivity index (χ3n) is 2.17. The molecule has 1 fully saturated rings. The molecule has 0 heterocycles. The van der Waals surface area contributed by atoms with E-state index >= 15 is 0 Å². The zero-order chi connectivity index (χ0) is 7.40. The third-order valence-corrected chi connectivity index (χ3v) is 2.17. The normalized spacial score (nSPS) is 30.6. The van der Waals surface area contributed by atoms with Gasteiger partial charge in [0.25, 0.3) is 0 Å². The molecule has 10 heavy (non-hydrogen) atoms. The lowest BCUT2D eigenvalue weighted by atomic mass is 10.3. The van der Waals surface area contributed by atoms with Gasteiger partial charge < -0.3 is 10.1 Å². The van der Waals surface area contributed by atoms with Crippen LogP contribution < -0.4 is 5.32 Å². The van der Waals surface area contributed by atoms with E-state index in [4.69, 9.17) is 4.74 Å². The molecule has 2 atom stereocenters. The first-order valence-corrected chi connectivity index (χ1v) is 4.04. The van der Waals surface area contributed by atoms with Gasteiger partial charge in [-0.2, -0.15) is 0 Å². The van der Waals surface area contributed by atoms with Crippen molar-refractivity contribution in [3.63, 3.8) is 0 Å². The van der Waals surface area contributed by atoms with Gasteiger partial charge in [0.1, 0.15) is 0 Å². The van der Waals surface area contributed by atoms with Crippen molar-refractivity contribution in [3.05, 3.63) is 0 Å². The van der Waals surface area contributed by atoms with Gasteiger partial charge in [-0.3, -0.25) is 0 Å². The van der Waals surface area contributed by atoms with Crippen LogP contribution >= 0.6 is 0 Å². The second kappa shape index (κ2) is 3.94. The number of methoxy groups -OCH3 is 1. The Morgan fingerprint density at radius 2 is 2.30 bits per heavy atom. The molecule has 0 aliphatic heterocycles. The third kappa shape index (κ3) is 2.67. The molecule has 0 unspecified atom stereocenters. The van der Waals surface area contributed by atoms with Gasteiger partial charge in [-0.05, 0) is 24.8 Å². The van der Waals surface area contributed by atoms with E-state index in [9.17, 15) is 0 Å². The molecule has 2 nitrogen and oxygen atoms in total. The van der Waals surface area contributed by atoms with Crippen LogP contribution in [0.2, 0.25) is 0 Å². The Morgan fingerprint density at radius 1 is 1.60 bits per heavy atom. The SMILES string of the molecule is COCCNC[C@H]1C[C@@H]1C. The maximum absolute atomic E-state index is 4.91. The van der Waals surface area contributed by atoms with Crippen molar-refractivity contribution in [1.29, 1.82) is 0 Å². The lowest BCUT2D eigenvalue weighted by Gasteiger charge is -2.01. The Kier molecular flexibility index (Phi) is 3.16. The molecule has 0 aromatic carbocycles. The zero-order valence-corrected chi connectivity index (χ0v) is 6.89. The van der Waals surface area contributed by atoms with E-state index < -0.39 is 0 Å². The summed E-state index contributed by atoms with van der Waals surface area (Å²) in [6.07, 6.45) is 1.42. The average molecular weight is 143 g/mol. The molecule has 0 aromatic rings. The molecule has 0 saturated heterocycles. The minimum atomic E-state index is 0.834. The highest BCUT2D eigenvalue weighted by Crippen LogP contribution is 2.36. The summed E-state index contributed by atoms with van der Waals surface area (Å²) in [5, 5.41) is 3.35. The monoisotopic (exact) mass is 143 g/mol. The summed E-state index contributed by atoms with van der Waals surface area (Å²) in [6, 6.07) is 0. The van der Waals surface area contributed by atoms with Crippen LogP contribution in [0.25, 0.3) is 0 Å². The summed E-state index contributed by atoms with van der Waals surface area (Å²) < 4.78 is 4.91. The van der Waals surface area contributed by atoms with Gasteiger partial charge in [0.15, 0.2) is 0 Å². The minimum absolute atomic E-state index is 0.834. The van der Waals surface area contributed by atoms with Crippen LogP contribution in [0.3, 0.4) is 0 Å². The van der Waals surface area contributed by atoms with Crippen molar-refractivity contribution in [3.8, 4) is 0 Å². The molecule has 0 spiro atoms. The Bertz CT molecular complexity index is 95.3. The van der Waals surface area contributed by atoms with Crippen molar-refractivity contribution in [2.75, 3.05) is 26.8 Å². The fraction of sp³-hybridized carbons (Fsp3) is 1.00. The second-order valence-electron chi connectivity index (χ2n) is 3.17. The van der Waals surface area contributed by atoms with Crippen molar-refractivity contribution >= 4 is 0 Å². The Labute approximate surface area is 63.0 Å². The summed E-state index contributed by atoms with van der Waals surface area (Å²) in [5.74, 6) is 1.92. The van der Waals surface area contributed by atoms with E-state index in [-0.39, 0.29) is 0 Å². The van der Waals surface area contributed by atoms with Crippen LogP contribution in [0, 0.1) is 11.8 Å². The highest BCUT2D eigenvalue weighted by atomic mass is 16.5. The maximum atomic E-state index is 4.91. The predicted octanol–water partition coefficient (Wildman–Crippen LogP) is 0.878. The minimum Gasteiger partial charge on any atom is -0.383 e. The van der Waals surface area contributed by atoms with Crippen LogP contribution in [0.5, 0.6) is 0 Å². The Balaban J connectivity index is 1.78. The molecule has 1 N–H and O–H groups in total. The van der Waals surface area contributed by atoms with Crippen LogP contribution in [-0.4, -0.2) is 26.8 Å². The van der Waals surface area contributed by atoms with Crippen LogP contribution in [0.15, 0.2) is 0 Å². The standard InChI is InChI=1S/C8H17NO/c1-7-5-8(7)6-9-3-4-10-2/h7-9H,3-6H2,1-2H3/t7-,8+/m0/s1. The summed E-state index contributed by atoms with van der Waals surface area (Å²) >= 11 is 0. The molecular weight excluding hydrogens is 126 g/mol. The van der Waals surface area contributed by atoms with Gasteiger partial charge in [0, 0.05) is 13.7 Å². The van der Waals surface area contributed by atoms with E-state index in [1.54, 1.807) is 7.11 Å². The van der Waals surface area contributed by atoms with Gasteiger partial charge in [-0.15, -0.1) is 0 Å². The molecule has 1 saturated carbocycles. The summed E-state index contributed by atoms with van der Waals surface area (Å²) in [7, 11) is 1.74. The van der Waals surface area contributed by atoms with Crippen molar-refractivity contribution in [2.24, 2.45) is 11.8 Å². The molecule has 1 aliphatic carbocycles. The topological polar surface area (TPSA) is 21.3 Å². The second-order valence-corrected chi connectivity index (χ2v) is 3.17. The molecule has 60 valence electrons. The van der Waals surface area contributed by atoms with Crippen molar-refractivity contribution in [1.82, 2.24) is 5.32 Å². The number of hydrogen-bond acceptors (Lipinski definition) is 2. The van der Waals surface area contributed by atoms with Crippen LogP contribution in [0.4, 0.5) is 0 Å². The predicted molar refractivity (Wildman–Crippen MR) is 42.0 cm³/mol. The van der Waals surface area contributed by atoms with Gasteiger partial charge >= 0.3 is 0 Å². The molecule has 2 heteroatoms. The van der Waals surface area contributed by atoms with Crippen molar-refractivity contribution < 1.29 is 4.74 Å². The van der Waals surface area contributed by atoms with Crippen LogP contribution in [0.1, 0.15) is 13.3 Å². The summed E-state index contributed by atoms with van der Waals surface area (Å²) in [5.41, 5.74) is 0. The quantitative estimate of drug-likeness (QED) is 0.577. The van der Waals surface area contributed by atoms with E-state index in [2.05, 4.69) is 12.2 Å². The first-order chi connectivity index (χ1) is 4.84. The number of hydrogen-bond donors (Lipinski definition) is 1. The fourth-order valence-corrected chi connectivity index (χ4v) is 1.15. The molecule has 0 aromatic heterocycles. The molecular formula is C8H17NO. The number of nitrogens with one attached hydrogen (secondary N) is 1. The van der Waals surface area contributed by atoms with E-state index in [0.29, 0.717) is 0 Å². The van der Waals surface area contributed by atoms with E-state index in [1.165, 1.54) is 13.0 Å². The highest BCUT2D eigenvalue weighted by Gasteiger charge is 2.31. The smallest absolute Gasteiger partial charge is 0.0587 e. The number of rotatable bonds is 5. The first kappa shape index (κ1) is 8.02. The zero-order valence-electron chi connectivity index (χ0n) is 6.89. The summed E-state index contributed by atoms with van der Waals surface area (Å²) in [6.45, 7) is 5.33. The Hall–Kier alpha value is -0.0800. The summed E-state index contributed by atoms with van der Waals surface area (Å²) in [4.78, 5) is 0. The fourth-order valence-electron chi connectivity index (χ4n) is 1.15. The average Bonchev–Trinajstić information content (AvgIpc) is 2.60. The number of ether oxygens (including phenoxy) is 1. The maximum Gasteiger partial charge on any atom is 0.0587 e. The Morgan fingerprint density at radius 3 is 2.80 bits per heavy atom. The largest absolute Gasteiger partial charge is 0.383 e. The van der Waals surface area contributed by atoms with Gasteiger partial charge in [-0.25, -0.2) is 0 Å². The molecule has 1 rings (SSSR count). The highest BCUT2D eigenvalue weighted by molar-refractivity contribution is 4.83. The van der Waals surface area contributed by atoms with Crippen LogP contribution in [-0.2, 0) is 4.74 Å². The van der Waals surface area contributed by atoms with E-state index in [1.807, 2.05) is 0 Å². The van der Waals surface area contributed by atoms with Gasteiger partial charge in [0.2, 0.25) is 0 Å². The molecule has 0 radical (unpaired) electrons. The van der Waals surface area contributed by atoms with Gasteiger partial charge in [-0.1, -0.05) is 6.92 Å². The molecule has 0 bridgehead atoms. The van der Waals surface area contributed by atoms with E-state index in [0.717, 1.165) is 25.0 Å². The first-order valence-electron chi connectivity index (χ1n) is 4.04.